The lowest BCUT2D eigenvalue weighted by molar-refractivity contribution is -0.135. The summed E-state index contributed by atoms with van der Waals surface area (Å²) in [6, 6.07) is 0. The van der Waals surface area contributed by atoms with Gasteiger partial charge in [-0.15, -0.1) is 0 Å². The molecule has 8 nitrogen and oxygen atoms in total. The third-order valence-corrected chi connectivity index (χ3v) is 3.09. The fourth-order valence-electron chi connectivity index (χ4n) is 1.82. The van der Waals surface area contributed by atoms with Crippen LogP contribution in [0.25, 0.3) is 0 Å². The van der Waals surface area contributed by atoms with E-state index in [1.54, 1.807) is 13.8 Å². The maximum Gasteiger partial charge on any atom is 0.358 e. The van der Waals surface area contributed by atoms with Crippen molar-refractivity contribution < 1.29 is 19.1 Å². The first kappa shape index (κ1) is 13.9. The number of rotatable bonds is 2. The molecule has 1 aliphatic heterocycles. The Morgan fingerprint density at radius 2 is 2.05 bits per heavy atom. The highest BCUT2D eigenvalue weighted by molar-refractivity contribution is 6.06. The minimum Gasteiger partial charge on any atom is -0.464 e. The summed E-state index contributed by atoms with van der Waals surface area (Å²) in [5, 5.41) is 2.27. The number of imide groups is 1. The molecule has 0 atom stereocenters. The summed E-state index contributed by atoms with van der Waals surface area (Å²) in [7, 11) is 1.24. The van der Waals surface area contributed by atoms with Crippen LogP contribution in [0.1, 0.15) is 24.3 Å². The molecule has 0 saturated carbocycles. The number of hydrogen-bond acceptors (Lipinski definition) is 7. The molecule has 0 unspecified atom stereocenters. The van der Waals surface area contributed by atoms with Crippen LogP contribution in [0.5, 0.6) is 0 Å². The molecule has 1 fully saturated rings. The Morgan fingerprint density at radius 3 is 2.60 bits per heavy atom. The quantitative estimate of drug-likeness (QED) is 0.575. The summed E-state index contributed by atoms with van der Waals surface area (Å²) in [6.07, 6.45) is 2.58. The summed E-state index contributed by atoms with van der Waals surface area (Å²) in [5.41, 5.74) is -0.878. The van der Waals surface area contributed by atoms with Crippen LogP contribution in [0, 0.1) is 0 Å². The summed E-state index contributed by atoms with van der Waals surface area (Å²) in [6.45, 7) is 3.33. The van der Waals surface area contributed by atoms with Crippen LogP contribution < -0.4 is 10.2 Å². The van der Waals surface area contributed by atoms with Gasteiger partial charge < -0.3 is 9.64 Å². The summed E-state index contributed by atoms with van der Waals surface area (Å²) in [4.78, 5) is 44.1. The van der Waals surface area contributed by atoms with Crippen molar-refractivity contribution in [2.45, 2.75) is 19.4 Å². The van der Waals surface area contributed by atoms with Crippen LogP contribution in [0.4, 0.5) is 5.82 Å². The first-order valence-corrected chi connectivity index (χ1v) is 5.88. The van der Waals surface area contributed by atoms with Gasteiger partial charge in [0.05, 0.1) is 26.0 Å². The standard InChI is InChI=1S/C12H14N4O4/c1-12(2)11(19)15-9(17)6-16(12)8-5-13-7(4-14-8)10(18)20-3/h4-5H,6H2,1-3H3,(H,15,17,19). The number of carbonyl (C=O) groups is 3. The van der Waals surface area contributed by atoms with Crippen LogP contribution in [-0.2, 0) is 14.3 Å². The maximum absolute atomic E-state index is 11.8. The number of methoxy groups -OCH3 is 1. The van der Waals surface area contributed by atoms with Crippen LogP contribution in [-0.4, -0.2) is 46.9 Å². The van der Waals surface area contributed by atoms with Crippen LogP contribution >= 0.6 is 0 Å². The van der Waals surface area contributed by atoms with Crippen molar-refractivity contribution in [3.05, 3.63) is 18.1 Å². The normalized spacial score (nSPS) is 17.6. The number of amides is 2. The molecule has 1 N–H and O–H groups in total. The summed E-state index contributed by atoms with van der Waals surface area (Å²) < 4.78 is 4.52. The van der Waals surface area contributed by atoms with Crippen LogP contribution in [0.3, 0.4) is 0 Å². The molecule has 1 aromatic rings. The molecule has 106 valence electrons. The average molecular weight is 278 g/mol. The van der Waals surface area contributed by atoms with Gasteiger partial charge in [-0.2, -0.15) is 0 Å². The molecular weight excluding hydrogens is 264 g/mol. The lowest BCUT2D eigenvalue weighted by atomic mass is 9.99. The summed E-state index contributed by atoms with van der Waals surface area (Å²) >= 11 is 0. The van der Waals surface area contributed by atoms with E-state index in [4.69, 9.17) is 0 Å². The van der Waals surface area contributed by atoms with Crippen molar-refractivity contribution in [2.24, 2.45) is 0 Å². The number of aromatic nitrogens is 2. The Labute approximate surface area is 115 Å². The van der Waals surface area contributed by atoms with E-state index in [1.165, 1.54) is 24.4 Å². The van der Waals surface area contributed by atoms with E-state index in [0.717, 1.165) is 0 Å². The number of anilines is 1. The van der Waals surface area contributed by atoms with E-state index in [-0.39, 0.29) is 12.2 Å². The van der Waals surface area contributed by atoms with E-state index in [9.17, 15) is 14.4 Å². The minimum absolute atomic E-state index is 0.00894. The molecule has 2 amide bonds. The Bertz CT molecular complexity index is 567. The lowest BCUT2D eigenvalue weighted by Gasteiger charge is -2.40. The van der Waals surface area contributed by atoms with Gasteiger partial charge in [0, 0.05) is 0 Å². The van der Waals surface area contributed by atoms with Gasteiger partial charge in [-0.05, 0) is 13.8 Å². The molecule has 0 bridgehead atoms. The highest BCUT2D eigenvalue weighted by Gasteiger charge is 2.41. The van der Waals surface area contributed by atoms with E-state index < -0.39 is 23.3 Å². The first-order valence-electron chi connectivity index (χ1n) is 5.88. The Morgan fingerprint density at radius 1 is 1.35 bits per heavy atom. The van der Waals surface area contributed by atoms with Crippen LogP contribution in [0.15, 0.2) is 12.4 Å². The largest absolute Gasteiger partial charge is 0.464 e. The van der Waals surface area contributed by atoms with Gasteiger partial charge >= 0.3 is 5.97 Å². The number of hydrogen-bond donors (Lipinski definition) is 1. The van der Waals surface area contributed by atoms with Crippen molar-refractivity contribution in [3.8, 4) is 0 Å². The smallest absolute Gasteiger partial charge is 0.358 e. The molecule has 2 heterocycles. The molecule has 0 aromatic carbocycles. The molecule has 2 rings (SSSR count). The number of ether oxygens (including phenoxy) is 1. The predicted molar refractivity (Wildman–Crippen MR) is 67.9 cm³/mol. The summed E-state index contributed by atoms with van der Waals surface area (Å²) in [5.74, 6) is -1.08. The van der Waals surface area contributed by atoms with E-state index in [0.29, 0.717) is 5.82 Å². The molecule has 1 saturated heterocycles. The van der Waals surface area contributed by atoms with Crippen molar-refractivity contribution in [1.82, 2.24) is 15.3 Å². The molecule has 8 heteroatoms. The van der Waals surface area contributed by atoms with Gasteiger partial charge in [-0.25, -0.2) is 14.8 Å². The fourth-order valence-corrected chi connectivity index (χ4v) is 1.82. The van der Waals surface area contributed by atoms with Crippen LogP contribution in [0.2, 0.25) is 0 Å². The third-order valence-electron chi connectivity index (χ3n) is 3.09. The Hall–Kier alpha value is -2.51. The second kappa shape index (κ2) is 4.87. The van der Waals surface area contributed by atoms with Gasteiger partial charge in [0.2, 0.25) is 5.91 Å². The highest BCUT2D eigenvalue weighted by atomic mass is 16.5. The predicted octanol–water partition coefficient (Wildman–Crippen LogP) is -0.495. The average Bonchev–Trinajstić information content (AvgIpc) is 2.42. The number of carbonyl (C=O) groups excluding carboxylic acids is 3. The van der Waals surface area contributed by atoms with Gasteiger partial charge in [0.15, 0.2) is 5.69 Å². The topological polar surface area (TPSA) is 101 Å². The Kier molecular flexibility index (Phi) is 3.39. The number of nitrogens with zero attached hydrogens (tertiary/aromatic N) is 3. The second-order valence-electron chi connectivity index (χ2n) is 4.77. The Balaban J connectivity index is 2.32. The molecule has 1 aromatic heterocycles. The van der Waals surface area contributed by atoms with E-state index in [1.807, 2.05) is 0 Å². The molecule has 0 aliphatic carbocycles. The van der Waals surface area contributed by atoms with Crippen molar-refractivity contribution in [3.63, 3.8) is 0 Å². The zero-order valence-corrected chi connectivity index (χ0v) is 11.3. The van der Waals surface area contributed by atoms with Crippen molar-refractivity contribution >= 4 is 23.6 Å². The number of nitrogens with one attached hydrogen (secondary N) is 1. The molecule has 0 spiro atoms. The van der Waals surface area contributed by atoms with Gasteiger partial charge in [-0.1, -0.05) is 0 Å². The minimum atomic E-state index is -0.935. The van der Waals surface area contributed by atoms with Crippen molar-refractivity contribution in [2.75, 3.05) is 18.6 Å². The molecule has 1 aliphatic rings. The SMILES string of the molecule is COC(=O)c1cnc(N2CC(=O)NC(=O)C2(C)C)cn1. The van der Waals surface area contributed by atoms with Gasteiger partial charge in [0.25, 0.3) is 5.91 Å². The zero-order chi connectivity index (χ0) is 14.9. The van der Waals surface area contributed by atoms with Crippen molar-refractivity contribution in [1.29, 1.82) is 0 Å². The number of esters is 1. The maximum atomic E-state index is 11.8. The number of piperazine rings is 1. The third kappa shape index (κ3) is 2.31. The lowest BCUT2D eigenvalue weighted by Crippen LogP contribution is -2.64. The zero-order valence-electron chi connectivity index (χ0n) is 11.3. The monoisotopic (exact) mass is 278 g/mol. The van der Waals surface area contributed by atoms with E-state index in [2.05, 4.69) is 20.0 Å². The fraction of sp³-hybridized carbons (Fsp3) is 0.417. The molecular formula is C12H14N4O4. The van der Waals surface area contributed by atoms with Gasteiger partial charge in [0.1, 0.15) is 11.4 Å². The second-order valence-corrected chi connectivity index (χ2v) is 4.77. The molecule has 0 radical (unpaired) electrons. The van der Waals surface area contributed by atoms with Gasteiger partial charge in [-0.3, -0.25) is 14.9 Å². The molecule has 20 heavy (non-hydrogen) atoms. The first-order chi connectivity index (χ1) is 9.36. The highest BCUT2D eigenvalue weighted by Crippen LogP contribution is 2.24. The van der Waals surface area contributed by atoms with E-state index >= 15 is 0 Å².